The lowest BCUT2D eigenvalue weighted by Gasteiger charge is -2.35. The smallest absolute Gasteiger partial charge is 0.243 e. The van der Waals surface area contributed by atoms with Crippen LogP contribution in [0.15, 0.2) is 17.3 Å². The summed E-state index contributed by atoms with van der Waals surface area (Å²) >= 11 is 5.53. The number of nitrogens with zero attached hydrogens (tertiary/aromatic N) is 2. The van der Waals surface area contributed by atoms with Gasteiger partial charge in [-0.15, -0.1) is 0 Å². The van der Waals surface area contributed by atoms with Crippen molar-refractivity contribution in [2.24, 2.45) is 5.41 Å². The van der Waals surface area contributed by atoms with E-state index in [4.69, 9.17) is 11.6 Å². The van der Waals surface area contributed by atoms with Gasteiger partial charge in [0.05, 0.1) is 12.4 Å². The van der Waals surface area contributed by atoms with Crippen molar-refractivity contribution in [3.05, 3.63) is 17.7 Å². The third-order valence-electron chi connectivity index (χ3n) is 3.79. The molecule has 0 aliphatic heterocycles. The molecule has 1 fully saturated rings. The molecule has 112 valence electrons. The second kappa shape index (κ2) is 6.34. The van der Waals surface area contributed by atoms with Crippen LogP contribution in [0, 0.1) is 5.41 Å². The zero-order valence-corrected chi connectivity index (χ0v) is 12.6. The minimum atomic E-state index is -3.67. The Hall–Kier alpha value is -0.760. The van der Waals surface area contributed by atoms with Crippen molar-refractivity contribution in [1.29, 1.82) is 0 Å². The maximum absolute atomic E-state index is 12.1. The predicted molar refractivity (Wildman–Crippen MR) is 74.8 cm³/mol. The Morgan fingerprint density at radius 3 is 2.40 bits per heavy atom. The highest BCUT2D eigenvalue weighted by atomic mass is 35.5. The first-order chi connectivity index (χ1) is 9.47. The highest BCUT2D eigenvalue weighted by Gasteiger charge is 2.33. The molecule has 20 heavy (non-hydrogen) atoms. The van der Waals surface area contributed by atoms with Crippen LogP contribution in [0.25, 0.3) is 0 Å². The van der Waals surface area contributed by atoms with E-state index in [1.54, 1.807) is 0 Å². The molecule has 0 amide bonds. The summed E-state index contributed by atoms with van der Waals surface area (Å²) < 4.78 is 26.8. The van der Waals surface area contributed by atoms with Gasteiger partial charge in [-0.3, -0.25) is 0 Å². The maximum atomic E-state index is 12.1. The van der Waals surface area contributed by atoms with Crippen LogP contribution in [-0.4, -0.2) is 36.6 Å². The number of hydrogen-bond donors (Lipinski definition) is 2. The number of aromatic nitrogens is 2. The maximum Gasteiger partial charge on any atom is 0.243 e. The minimum absolute atomic E-state index is 0.00283. The fourth-order valence-corrected chi connectivity index (χ4v) is 3.61. The van der Waals surface area contributed by atoms with Gasteiger partial charge in [-0.25, -0.2) is 23.1 Å². The van der Waals surface area contributed by atoms with Gasteiger partial charge in [0.15, 0.2) is 0 Å². The molecule has 1 saturated carbocycles. The van der Waals surface area contributed by atoms with Gasteiger partial charge in [0.1, 0.15) is 4.90 Å². The SMILES string of the molecule is O=S(=O)(NCC1(CO)CCCCC1)c1cnc(Cl)nc1. The molecule has 0 aromatic carbocycles. The average Bonchev–Trinajstić information content (AvgIpc) is 2.47. The van der Waals surface area contributed by atoms with Crippen LogP contribution in [0.1, 0.15) is 32.1 Å². The largest absolute Gasteiger partial charge is 0.396 e. The molecule has 1 heterocycles. The number of sulfonamides is 1. The van der Waals surface area contributed by atoms with E-state index < -0.39 is 10.0 Å². The third-order valence-corrected chi connectivity index (χ3v) is 5.34. The molecular weight excluding hydrogens is 302 g/mol. The second-order valence-electron chi connectivity index (χ2n) is 5.23. The van der Waals surface area contributed by atoms with Crippen molar-refractivity contribution in [1.82, 2.24) is 14.7 Å². The number of rotatable bonds is 5. The van der Waals surface area contributed by atoms with E-state index in [9.17, 15) is 13.5 Å². The molecule has 0 radical (unpaired) electrons. The van der Waals surface area contributed by atoms with Crippen LogP contribution in [0.5, 0.6) is 0 Å². The van der Waals surface area contributed by atoms with E-state index in [2.05, 4.69) is 14.7 Å². The Balaban J connectivity index is 2.06. The zero-order valence-electron chi connectivity index (χ0n) is 11.0. The van der Waals surface area contributed by atoms with Gasteiger partial charge < -0.3 is 5.11 Å². The molecule has 1 aliphatic carbocycles. The molecule has 0 atom stereocenters. The number of halogens is 1. The van der Waals surface area contributed by atoms with Crippen molar-refractivity contribution in [2.45, 2.75) is 37.0 Å². The Kier molecular flexibility index (Phi) is 4.95. The summed E-state index contributed by atoms with van der Waals surface area (Å²) in [5, 5.41) is 9.57. The quantitative estimate of drug-likeness (QED) is 0.799. The summed E-state index contributed by atoms with van der Waals surface area (Å²) in [5.41, 5.74) is -0.349. The van der Waals surface area contributed by atoms with Gasteiger partial charge in [0, 0.05) is 18.6 Å². The fourth-order valence-electron chi connectivity index (χ4n) is 2.46. The fraction of sp³-hybridized carbons (Fsp3) is 0.667. The van der Waals surface area contributed by atoms with Crippen LogP contribution >= 0.6 is 11.6 Å². The van der Waals surface area contributed by atoms with E-state index in [0.717, 1.165) is 32.1 Å². The summed E-state index contributed by atoms with van der Waals surface area (Å²) in [4.78, 5) is 7.30. The molecule has 1 aromatic rings. The Morgan fingerprint density at radius 1 is 1.25 bits per heavy atom. The lowest BCUT2D eigenvalue weighted by Crippen LogP contribution is -2.41. The predicted octanol–water partition coefficient (Wildman–Crippen LogP) is 1.35. The average molecular weight is 320 g/mol. The molecule has 0 bridgehead atoms. The first kappa shape index (κ1) is 15.6. The first-order valence-corrected chi connectivity index (χ1v) is 8.42. The Morgan fingerprint density at radius 2 is 1.85 bits per heavy atom. The molecule has 1 aromatic heterocycles. The minimum Gasteiger partial charge on any atom is -0.396 e. The molecule has 8 heteroatoms. The Labute approximate surface area is 123 Å². The monoisotopic (exact) mass is 319 g/mol. The van der Waals surface area contributed by atoms with Crippen LogP contribution in [0.4, 0.5) is 0 Å². The van der Waals surface area contributed by atoms with Crippen LogP contribution in [-0.2, 0) is 10.0 Å². The van der Waals surface area contributed by atoms with Crippen molar-refractivity contribution in [2.75, 3.05) is 13.2 Å². The molecule has 6 nitrogen and oxygen atoms in total. The normalized spacial score (nSPS) is 18.9. The summed E-state index contributed by atoms with van der Waals surface area (Å²) in [5.74, 6) is 0. The van der Waals surface area contributed by atoms with E-state index in [-0.39, 0.29) is 28.7 Å². The van der Waals surface area contributed by atoms with Gasteiger partial charge >= 0.3 is 0 Å². The summed E-state index contributed by atoms with van der Waals surface area (Å²) in [7, 11) is -3.67. The third kappa shape index (κ3) is 3.66. The highest BCUT2D eigenvalue weighted by molar-refractivity contribution is 7.89. The zero-order chi connectivity index (χ0) is 14.6. The number of nitrogens with one attached hydrogen (secondary N) is 1. The molecule has 0 saturated heterocycles. The van der Waals surface area contributed by atoms with E-state index in [1.165, 1.54) is 12.4 Å². The molecular formula is C12H18ClN3O3S. The van der Waals surface area contributed by atoms with Crippen molar-refractivity contribution >= 4 is 21.6 Å². The van der Waals surface area contributed by atoms with Crippen molar-refractivity contribution in [3.8, 4) is 0 Å². The van der Waals surface area contributed by atoms with Gasteiger partial charge in [0.2, 0.25) is 15.3 Å². The molecule has 2 rings (SSSR count). The van der Waals surface area contributed by atoms with Crippen LogP contribution in [0.2, 0.25) is 5.28 Å². The standard InChI is InChI=1S/C12H18ClN3O3S/c13-11-14-6-10(7-15-11)20(18,19)16-8-12(9-17)4-2-1-3-5-12/h6-7,16-17H,1-5,8-9H2. The Bertz CT molecular complexity index is 542. The van der Waals surface area contributed by atoms with Crippen LogP contribution in [0.3, 0.4) is 0 Å². The first-order valence-electron chi connectivity index (χ1n) is 6.56. The summed E-state index contributed by atoms with van der Waals surface area (Å²) in [6.45, 7) is 0.223. The van der Waals surface area contributed by atoms with Gasteiger partial charge in [-0.05, 0) is 24.4 Å². The van der Waals surface area contributed by atoms with Gasteiger partial charge in [-0.1, -0.05) is 19.3 Å². The van der Waals surface area contributed by atoms with E-state index in [0.29, 0.717) is 0 Å². The number of aliphatic hydroxyl groups is 1. The topological polar surface area (TPSA) is 92.2 Å². The number of hydrogen-bond acceptors (Lipinski definition) is 5. The molecule has 0 unspecified atom stereocenters. The summed E-state index contributed by atoms with van der Waals surface area (Å²) in [6, 6.07) is 0. The highest BCUT2D eigenvalue weighted by Crippen LogP contribution is 2.35. The van der Waals surface area contributed by atoms with Gasteiger partial charge in [-0.2, -0.15) is 0 Å². The molecule has 1 aliphatic rings. The van der Waals surface area contributed by atoms with E-state index >= 15 is 0 Å². The van der Waals surface area contributed by atoms with Crippen molar-refractivity contribution < 1.29 is 13.5 Å². The summed E-state index contributed by atoms with van der Waals surface area (Å²) in [6.07, 6.45) is 7.19. The number of aliphatic hydroxyl groups excluding tert-OH is 1. The lowest BCUT2D eigenvalue weighted by atomic mass is 9.75. The van der Waals surface area contributed by atoms with Crippen LogP contribution < -0.4 is 4.72 Å². The second-order valence-corrected chi connectivity index (χ2v) is 7.34. The molecule has 2 N–H and O–H groups in total. The van der Waals surface area contributed by atoms with Gasteiger partial charge in [0.25, 0.3) is 0 Å². The lowest BCUT2D eigenvalue weighted by molar-refractivity contribution is 0.0867. The van der Waals surface area contributed by atoms with E-state index in [1.807, 2.05) is 0 Å². The molecule has 0 spiro atoms. The van der Waals surface area contributed by atoms with Crippen molar-refractivity contribution in [3.63, 3.8) is 0 Å².